The van der Waals surface area contributed by atoms with Crippen molar-refractivity contribution in [1.29, 1.82) is 0 Å². The van der Waals surface area contributed by atoms with Gasteiger partial charge >= 0.3 is 5.97 Å². The fraction of sp³-hybridized carbons (Fsp3) is 0.385. The SMILES string of the molecule is Cc1cc(N2CCNC(=O)CC2)ccc1C(=O)O. The summed E-state index contributed by atoms with van der Waals surface area (Å²) in [6.45, 7) is 3.82. The number of nitrogens with one attached hydrogen (secondary N) is 1. The third-order valence-corrected chi connectivity index (χ3v) is 3.12. The number of aryl methyl sites for hydroxylation is 1. The molecule has 5 nitrogen and oxygen atoms in total. The van der Waals surface area contributed by atoms with Crippen molar-refractivity contribution in [3.05, 3.63) is 29.3 Å². The van der Waals surface area contributed by atoms with Crippen molar-refractivity contribution in [1.82, 2.24) is 5.32 Å². The Kier molecular flexibility index (Phi) is 3.50. The number of anilines is 1. The highest BCUT2D eigenvalue weighted by Crippen LogP contribution is 2.20. The Morgan fingerprint density at radius 1 is 1.39 bits per heavy atom. The van der Waals surface area contributed by atoms with Crippen molar-refractivity contribution < 1.29 is 14.7 Å². The molecule has 1 heterocycles. The molecule has 18 heavy (non-hydrogen) atoms. The van der Waals surface area contributed by atoms with Crippen molar-refractivity contribution in [2.24, 2.45) is 0 Å². The summed E-state index contributed by atoms with van der Waals surface area (Å²) in [5.74, 6) is -0.844. The Bertz CT molecular complexity index is 485. The topological polar surface area (TPSA) is 69.6 Å². The van der Waals surface area contributed by atoms with Crippen LogP contribution in [0, 0.1) is 6.92 Å². The molecule has 2 rings (SSSR count). The molecule has 1 fully saturated rings. The zero-order valence-corrected chi connectivity index (χ0v) is 10.3. The van der Waals surface area contributed by atoms with Gasteiger partial charge in [-0.25, -0.2) is 4.79 Å². The van der Waals surface area contributed by atoms with Gasteiger partial charge in [-0.2, -0.15) is 0 Å². The van der Waals surface area contributed by atoms with Crippen molar-refractivity contribution in [2.45, 2.75) is 13.3 Å². The number of carbonyl (C=O) groups is 2. The maximum Gasteiger partial charge on any atom is 0.335 e. The molecule has 0 aromatic heterocycles. The molecule has 2 N–H and O–H groups in total. The molecule has 0 radical (unpaired) electrons. The second kappa shape index (κ2) is 5.08. The summed E-state index contributed by atoms with van der Waals surface area (Å²) >= 11 is 0. The first-order valence-corrected chi connectivity index (χ1v) is 5.93. The minimum atomic E-state index is -0.910. The molecule has 1 aromatic carbocycles. The maximum atomic E-state index is 11.3. The number of nitrogens with zero attached hydrogens (tertiary/aromatic N) is 1. The van der Waals surface area contributed by atoms with Crippen LogP contribution in [-0.4, -0.2) is 36.6 Å². The van der Waals surface area contributed by atoms with E-state index >= 15 is 0 Å². The van der Waals surface area contributed by atoms with Crippen LogP contribution in [0.2, 0.25) is 0 Å². The van der Waals surface area contributed by atoms with E-state index in [2.05, 4.69) is 10.2 Å². The van der Waals surface area contributed by atoms with E-state index in [1.807, 2.05) is 6.07 Å². The first-order chi connectivity index (χ1) is 8.58. The Balaban J connectivity index is 2.20. The predicted molar refractivity (Wildman–Crippen MR) is 68.0 cm³/mol. The predicted octanol–water partition coefficient (Wildman–Crippen LogP) is 1.02. The number of hydrogen-bond donors (Lipinski definition) is 2. The Morgan fingerprint density at radius 2 is 2.17 bits per heavy atom. The van der Waals surface area contributed by atoms with Crippen LogP contribution in [0.3, 0.4) is 0 Å². The van der Waals surface area contributed by atoms with Crippen molar-refractivity contribution in [3.8, 4) is 0 Å². The molecule has 5 heteroatoms. The minimum Gasteiger partial charge on any atom is -0.478 e. The summed E-state index contributed by atoms with van der Waals surface area (Å²) in [6.07, 6.45) is 0.472. The van der Waals surface area contributed by atoms with Gasteiger partial charge < -0.3 is 15.3 Å². The van der Waals surface area contributed by atoms with Gasteiger partial charge in [-0.3, -0.25) is 4.79 Å². The van der Waals surface area contributed by atoms with E-state index in [4.69, 9.17) is 5.11 Å². The van der Waals surface area contributed by atoms with E-state index < -0.39 is 5.97 Å². The average molecular weight is 248 g/mol. The van der Waals surface area contributed by atoms with Crippen molar-refractivity contribution in [3.63, 3.8) is 0 Å². The Morgan fingerprint density at radius 3 is 2.83 bits per heavy atom. The maximum absolute atomic E-state index is 11.3. The number of amides is 1. The molecule has 1 saturated heterocycles. The quantitative estimate of drug-likeness (QED) is 0.819. The van der Waals surface area contributed by atoms with E-state index in [0.717, 1.165) is 17.8 Å². The summed E-state index contributed by atoms with van der Waals surface area (Å²) in [7, 11) is 0. The first kappa shape index (κ1) is 12.4. The summed E-state index contributed by atoms with van der Waals surface area (Å²) < 4.78 is 0. The molecule has 0 atom stereocenters. The number of carboxylic acids is 1. The molecule has 1 aromatic rings. The van der Waals surface area contributed by atoms with Crippen LogP contribution in [-0.2, 0) is 4.79 Å². The number of carbonyl (C=O) groups excluding carboxylic acids is 1. The molecule has 1 aliphatic heterocycles. The van der Waals surface area contributed by atoms with Gasteiger partial charge in [-0.1, -0.05) is 0 Å². The van der Waals surface area contributed by atoms with Gasteiger partial charge in [0.2, 0.25) is 5.91 Å². The summed E-state index contributed by atoms with van der Waals surface area (Å²) in [4.78, 5) is 24.3. The second-order valence-corrected chi connectivity index (χ2v) is 4.39. The van der Waals surface area contributed by atoms with Crippen LogP contribution in [0.25, 0.3) is 0 Å². The monoisotopic (exact) mass is 248 g/mol. The molecule has 0 saturated carbocycles. The molecule has 0 bridgehead atoms. The van der Waals surface area contributed by atoms with Crippen LogP contribution in [0.15, 0.2) is 18.2 Å². The Hall–Kier alpha value is -2.04. The number of hydrogen-bond acceptors (Lipinski definition) is 3. The highest BCUT2D eigenvalue weighted by atomic mass is 16.4. The lowest BCUT2D eigenvalue weighted by Gasteiger charge is -2.22. The number of aromatic carboxylic acids is 1. The standard InChI is InChI=1S/C13H16N2O3/c1-9-8-10(2-3-11(9)13(17)18)15-6-4-12(16)14-5-7-15/h2-3,8H,4-7H2,1H3,(H,14,16)(H,17,18). The highest BCUT2D eigenvalue weighted by Gasteiger charge is 2.15. The van der Waals surface area contributed by atoms with E-state index in [-0.39, 0.29) is 5.91 Å². The van der Waals surface area contributed by atoms with Crippen LogP contribution < -0.4 is 10.2 Å². The summed E-state index contributed by atoms with van der Waals surface area (Å²) in [5, 5.41) is 11.8. The van der Waals surface area contributed by atoms with Crippen molar-refractivity contribution in [2.75, 3.05) is 24.5 Å². The molecule has 1 aliphatic rings. The molecule has 1 amide bonds. The fourth-order valence-electron chi connectivity index (χ4n) is 2.11. The van der Waals surface area contributed by atoms with Crippen LogP contribution >= 0.6 is 0 Å². The lowest BCUT2D eigenvalue weighted by molar-refractivity contribution is -0.120. The zero-order chi connectivity index (χ0) is 13.1. The van der Waals surface area contributed by atoms with Gasteiger partial charge in [0, 0.05) is 31.7 Å². The van der Waals surface area contributed by atoms with E-state index in [1.54, 1.807) is 19.1 Å². The smallest absolute Gasteiger partial charge is 0.335 e. The second-order valence-electron chi connectivity index (χ2n) is 4.39. The summed E-state index contributed by atoms with van der Waals surface area (Å²) in [5.41, 5.74) is 2.03. The molecule has 96 valence electrons. The normalized spacial score (nSPS) is 16.1. The third-order valence-electron chi connectivity index (χ3n) is 3.12. The van der Waals surface area contributed by atoms with Gasteiger partial charge in [0.15, 0.2) is 0 Å². The number of benzene rings is 1. The summed E-state index contributed by atoms with van der Waals surface area (Å²) in [6, 6.07) is 5.28. The Labute approximate surface area is 105 Å². The van der Waals surface area contributed by atoms with E-state index in [9.17, 15) is 9.59 Å². The average Bonchev–Trinajstić information content (AvgIpc) is 2.53. The minimum absolute atomic E-state index is 0.0661. The van der Waals surface area contributed by atoms with E-state index in [0.29, 0.717) is 25.1 Å². The van der Waals surface area contributed by atoms with E-state index in [1.165, 1.54) is 0 Å². The van der Waals surface area contributed by atoms with Crippen LogP contribution in [0.1, 0.15) is 22.3 Å². The van der Waals surface area contributed by atoms with Gasteiger partial charge in [0.05, 0.1) is 5.56 Å². The molecular weight excluding hydrogens is 232 g/mol. The third kappa shape index (κ3) is 2.61. The van der Waals surface area contributed by atoms with Gasteiger partial charge in [0.25, 0.3) is 0 Å². The van der Waals surface area contributed by atoms with Gasteiger partial charge in [0.1, 0.15) is 0 Å². The zero-order valence-electron chi connectivity index (χ0n) is 10.3. The molecule has 0 unspecified atom stereocenters. The molecule has 0 spiro atoms. The van der Waals surface area contributed by atoms with Crippen LogP contribution in [0.4, 0.5) is 5.69 Å². The first-order valence-electron chi connectivity index (χ1n) is 5.93. The molecular formula is C13H16N2O3. The lowest BCUT2D eigenvalue weighted by atomic mass is 10.1. The van der Waals surface area contributed by atoms with Crippen LogP contribution in [0.5, 0.6) is 0 Å². The number of carboxylic acid groups (broad SMARTS) is 1. The lowest BCUT2D eigenvalue weighted by Crippen LogP contribution is -2.28. The van der Waals surface area contributed by atoms with Gasteiger partial charge in [-0.15, -0.1) is 0 Å². The fourth-order valence-corrected chi connectivity index (χ4v) is 2.11. The highest BCUT2D eigenvalue weighted by molar-refractivity contribution is 5.90. The largest absolute Gasteiger partial charge is 0.478 e. The van der Waals surface area contributed by atoms with Gasteiger partial charge in [-0.05, 0) is 30.7 Å². The van der Waals surface area contributed by atoms with Crippen molar-refractivity contribution >= 4 is 17.6 Å². The molecule has 0 aliphatic carbocycles. The number of rotatable bonds is 2.